The minimum absolute atomic E-state index is 0.152. The summed E-state index contributed by atoms with van der Waals surface area (Å²) in [4.78, 5) is 15.5. The summed E-state index contributed by atoms with van der Waals surface area (Å²) in [7, 11) is -3.19. The molecule has 3 aliphatic rings. The lowest BCUT2D eigenvalue weighted by Gasteiger charge is -2.41. The first-order valence-electron chi connectivity index (χ1n) is 16.9. The molecule has 2 saturated heterocycles. The molecule has 2 bridgehead atoms. The van der Waals surface area contributed by atoms with Crippen LogP contribution in [-0.2, 0) is 20.7 Å². The quantitative estimate of drug-likeness (QED) is 0.218. The number of methoxy groups -OCH3 is 1. The molecular weight excluding hydrogens is 658 g/mol. The average Bonchev–Trinajstić information content (AvgIpc) is 3.36. The molecule has 7 nitrogen and oxygen atoms in total. The Hall–Kier alpha value is -3.21. The van der Waals surface area contributed by atoms with Crippen LogP contribution in [0.25, 0.3) is 11.1 Å². The minimum Gasteiger partial charge on any atom is -0.496 e. The van der Waals surface area contributed by atoms with E-state index in [-0.39, 0.29) is 22.7 Å². The van der Waals surface area contributed by atoms with Crippen molar-refractivity contribution >= 4 is 27.5 Å². The van der Waals surface area contributed by atoms with E-state index in [4.69, 9.17) is 21.1 Å². The summed E-state index contributed by atoms with van der Waals surface area (Å²) in [6.45, 7) is 2.64. The van der Waals surface area contributed by atoms with Crippen LogP contribution in [-0.4, -0.2) is 51.1 Å². The normalized spacial score (nSPS) is 22.4. The number of carbonyl (C=O) groups is 1. The van der Waals surface area contributed by atoms with Gasteiger partial charge in [-0.2, -0.15) is 13.5 Å². The second kappa shape index (κ2) is 14.3. The molecule has 0 spiro atoms. The number of ether oxygens (including phenoxy) is 2. The summed E-state index contributed by atoms with van der Waals surface area (Å²) in [6, 6.07) is 13.6. The van der Waals surface area contributed by atoms with Crippen LogP contribution in [0.5, 0.6) is 11.5 Å². The number of hydrogen-bond acceptors (Lipinski definition) is 5. The highest BCUT2D eigenvalue weighted by atomic mass is 35.5. The number of halogens is 3. The van der Waals surface area contributed by atoms with E-state index < -0.39 is 33.5 Å². The minimum atomic E-state index is -4.56. The first kappa shape index (κ1) is 34.6. The average molecular weight is 701 g/mol. The number of amides is 1. The molecule has 2 aliphatic heterocycles. The van der Waals surface area contributed by atoms with E-state index in [0.717, 1.165) is 12.8 Å². The molecule has 0 radical (unpaired) electrons. The van der Waals surface area contributed by atoms with Gasteiger partial charge in [0, 0.05) is 28.2 Å². The molecule has 3 atom stereocenters. The molecule has 3 fully saturated rings. The molecule has 11 heteroatoms. The Morgan fingerprint density at radius 2 is 1.60 bits per heavy atom. The van der Waals surface area contributed by atoms with Crippen LogP contribution in [0, 0.1) is 11.8 Å². The molecule has 3 aromatic carbocycles. The second-order valence-electron chi connectivity index (χ2n) is 13.6. The molecule has 2 heterocycles. The summed E-state index contributed by atoms with van der Waals surface area (Å²) in [6.07, 6.45) is 8.60. The van der Waals surface area contributed by atoms with E-state index in [2.05, 4.69) is 11.6 Å². The maximum atomic E-state index is 16.8. The number of nitrogens with one attached hydrogen (secondary N) is 1. The monoisotopic (exact) mass is 700 g/mol. The molecule has 1 N–H and O–H groups in total. The van der Waals surface area contributed by atoms with Gasteiger partial charge < -0.3 is 14.4 Å². The number of piperidine rings is 1. The maximum Gasteiger partial charge on any atom is 0.298 e. The van der Waals surface area contributed by atoms with Crippen molar-refractivity contribution in [2.75, 3.05) is 13.7 Å². The summed E-state index contributed by atoms with van der Waals surface area (Å²) >= 11 is 6.04. The van der Waals surface area contributed by atoms with Crippen molar-refractivity contribution in [1.82, 2.24) is 9.62 Å². The Morgan fingerprint density at radius 3 is 2.23 bits per heavy atom. The van der Waals surface area contributed by atoms with Crippen molar-refractivity contribution in [1.29, 1.82) is 0 Å². The van der Waals surface area contributed by atoms with Crippen LogP contribution in [0.4, 0.5) is 8.78 Å². The van der Waals surface area contributed by atoms with Crippen molar-refractivity contribution in [3.05, 3.63) is 77.3 Å². The third-order valence-electron chi connectivity index (χ3n) is 10.2. The van der Waals surface area contributed by atoms with Crippen LogP contribution in [0.3, 0.4) is 0 Å². The number of hydrogen-bond donors (Lipinski definition) is 1. The van der Waals surface area contributed by atoms with Crippen LogP contribution < -0.4 is 14.2 Å². The molecule has 1 aliphatic carbocycles. The fraction of sp³-hybridized carbons (Fsp3) is 0.486. The van der Waals surface area contributed by atoms with E-state index in [1.807, 2.05) is 0 Å². The van der Waals surface area contributed by atoms with E-state index in [1.54, 1.807) is 24.3 Å². The molecule has 3 aromatic rings. The lowest BCUT2D eigenvalue weighted by molar-refractivity contribution is -0.149. The summed E-state index contributed by atoms with van der Waals surface area (Å²) in [5.41, 5.74) is 0.706. The third kappa shape index (κ3) is 7.36. The van der Waals surface area contributed by atoms with E-state index in [9.17, 15) is 13.2 Å². The molecule has 6 rings (SSSR count). The zero-order valence-corrected chi connectivity index (χ0v) is 28.9. The molecule has 1 saturated carbocycles. The first-order chi connectivity index (χ1) is 23.0. The van der Waals surface area contributed by atoms with Gasteiger partial charge in [-0.1, -0.05) is 62.1 Å². The van der Waals surface area contributed by atoms with Crippen molar-refractivity contribution in [2.45, 2.75) is 93.7 Å². The Kier molecular flexibility index (Phi) is 10.3. The number of nitrogens with zero attached hydrogens (tertiary/aromatic N) is 1. The SMILES string of the molecule is COc1cc(C(F)(F)C(NS(=O)(=O)c2ccc(OCC3CCCCC3)cc2)C(=O)N2C3CCC2CC(C)C3)ccc1-c1ccc(Cl)cc1. The summed E-state index contributed by atoms with van der Waals surface area (Å²) in [5, 5.41) is 0.525. The predicted octanol–water partition coefficient (Wildman–Crippen LogP) is 8.20. The van der Waals surface area contributed by atoms with Crippen molar-refractivity contribution in [3.8, 4) is 22.6 Å². The van der Waals surface area contributed by atoms with Crippen molar-refractivity contribution in [3.63, 3.8) is 0 Å². The van der Waals surface area contributed by atoms with Gasteiger partial charge in [-0.3, -0.25) is 4.79 Å². The smallest absolute Gasteiger partial charge is 0.298 e. The highest BCUT2D eigenvalue weighted by molar-refractivity contribution is 7.89. The summed E-state index contributed by atoms with van der Waals surface area (Å²) < 4.78 is 74.7. The van der Waals surface area contributed by atoms with Gasteiger partial charge in [0.15, 0.2) is 6.04 Å². The van der Waals surface area contributed by atoms with Gasteiger partial charge in [-0.15, -0.1) is 0 Å². The number of fused-ring (bicyclic) bond motifs is 2. The third-order valence-corrected chi connectivity index (χ3v) is 11.9. The highest BCUT2D eigenvalue weighted by Gasteiger charge is 2.53. The second-order valence-corrected chi connectivity index (χ2v) is 15.7. The van der Waals surface area contributed by atoms with Crippen LogP contribution in [0.2, 0.25) is 5.02 Å². The zero-order chi connectivity index (χ0) is 34.1. The van der Waals surface area contributed by atoms with E-state index in [0.29, 0.717) is 66.0 Å². The Balaban J connectivity index is 1.30. The van der Waals surface area contributed by atoms with Crippen LogP contribution in [0.1, 0.15) is 70.3 Å². The molecule has 1 amide bonds. The number of rotatable bonds is 11. The highest BCUT2D eigenvalue weighted by Crippen LogP contribution is 2.43. The lowest BCUT2D eigenvalue weighted by Crippen LogP contribution is -2.59. The van der Waals surface area contributed by atoms with Gasteiger partial charge in [0.1, 0.15) is 11.5 Å². The summed E-state index contributed by atoms with van der Waals surface area (Å²) in [5.74, 6) is -3.38. The number of carbonyl (C=O) groups excluding carboxylic acids is 1. The molecule has 3 unspecified atom stereocenters. The maximum absolute atomic E-state index is 16.8. The van der Waals surface area contributed by atoms with Gasteiger partial charge >= 0.3 is 0 Å². The van der Waals surface area contributed by atoms with Crippen LogP contribution in [0.15, 0.2) is 71.6 Å². The first-order valence-corrected chi connectivity index (χ1v) is 18.7. The standard InChI is InChI=1S/C37H43ClF2N2O5S/c1-24-20-29-13-14-30(21-24)42(29)36(43)35(37(39,40)27-10-19-33(34(22-27)46-2)26-8-11-28(38)12-9-26)41-48(44,45)32-17-15-31(16-18-32)47-23-25-6-4-3-5-7-25/h8-12,15-19,22,24-25,29-30,35,41H,3-7,13-14,20-21,23H2,1-2H3. The van der Waals surface area contributed by atoms with Crippen LogP contribution >= 0.6 is 11.6 Å². The molecule has 0 aromatic heterocycles. The lowest BCUT2D eigenvalue weighted by atomic mass is 9.90. The topological polar surface area (TPSA) is 84.9 Å². The molecule has 258 valence electrons. The number of sulfonamides is 1. The number of alkyl halides is 2. The Labute approximate surface area is 287 Å². The zero-order valence-electron chi connectivity index (χ0n) is 27.3. The largest absolute Gasteiger partial charge is 0.496 e. The van der Waals surface area contributed by atoms with Crippen molar-refractivity contribution in [2.24, 2.45) is 11.8 Å². The van der Waals surface area contributed by atoms with Gasteiger partial charge in [-0.05, 0) is 98.4 Å². The van der Waals surface area contributed by atoms with Gasteiger partial charge in [0.2, 0.25) is 15.9 Å². The van der Waals surface area contributed by atoms with Crippen molar-refractivity contribution < 1.29 is 31.5 Å². The Morgan fingerprint density at radius 1 is 0.958 bits per heavy atom. The predicted molar refractivity (Wildman–Crippen MR) is 182 cm³/mol. The van der Waals surface area contributed by atoms with Gasteiger partial charge in [-0.25, -0.2) is 8.42 Å². The molecular formula is C37H43ClF2N2O5S. The Bertz CT molecular complexity index is 1680. The molecule has 48 heavy (non-hydrogen) atoms. The van der Waals surface area contributed by atoms with Gasteiger partial charge in [0.05, 0.1) is 18.6 Å². The fourth-order valence-electron chi connectivity index (χ4n) is 7.68. The van der Waals surface area contributed by atoms with Gasteiger partial charge in [0.25, 0.3) is 5.92 Å². The van der Waals surface area contributed by atoms with E-state index >= 15 is 8.78 Å². The van der Waals surface area contributed by atoms with E-state index in [1.165, 1.54) is 73.7 Å². The number of benzene rings is 3. The fourth-order valence-corrected chi connectivity index (χ4v) is 8.99.